The molecule has 0 radical (unpaired) electrons. The SMILES string of the molecule is CCc1ccc2[nH]c(=O)c(CNc3cc(C)c[nH]c3=O)cc2c1. The second-order valence-electron chi connectivity index (χ2n) is 5.67. The minimum Gasteiger partial charge on any atom is -0.376 e. The predicted octanol–water partition coefficient (Wildman–Crippen LogP) is 2.70. The molecule has 0 aliphatic rings. The number of anilines is 1. The first kappa shape index (κ1) is 15.1. The number of benzene rings is 1. The molecule has 0 saturated carbocycles. The minimum atomic E-state index is -0.193. The van der Waals surface area contributed by atoms with Gasteiger partial charge in [0.25, 0.3) is 11.1 Å². The molecule has 0 amide bonds. The molecule has 0 aliphatic carbocycles. The zero-order chi connectivity index (χ0) is 16.4. The van der Waals surface area contributed by atoms with E-state index >= 15 is 0 Å². The zero-order valence-corrected chi connectivity index (χ0v) is 13.2. The first-order chi connectivity index (χ1) is 11.1. The monoisotopic (exact) mass is 309 g/mol. The van der Waals surface area contributed by atoms with Gasteiger partial charge in [0.15, 0.2) is 0 Å². The molecular weight excluding hydrogens is 290 g/mol. The standard InChI is InChI=1S/C18H19N3O2/c1-3-12-4-5-15-13(7-12)8-14(17(22)21-15)10-19-16-6-11(2)9-20-18(16)23/h4-9,19H,3,10H2,1-2H3,(H,20,23)(H,21,22). The Hall–Kier alpha value is -2.82. The molecule has 1 aromatic carbocycles. The average Bonchev–Trinajstić information content (AvgIpc) is 2.55. The first-order valence-electron chi connectivity index (χ1n) is 7.65. The smallest absolute Gasteiger partial charge is 0.271 e. The van der Waals surface area contributed by atoms with Gasteiger partial charge < -0.3 is 15.3 Å². The van der Waals surface area contributed by atoms with E-state index in [9.17, 15) is 9.59 Å². The van der Waals surface area contributed by atoms with Crippen molar-refractivity contribution in [2.75, 3.05) is 5.32 Å². The number of aromatic amines is 2. The van der Waals surface area contributed by atoms with Crippen LogP contribution in [0.15, 0.2) is 46.1 Å². The summed E-state index contributed by atoms with van der Waals surface area (Å²) in [6.45, 7) is 4.30. The Morgan fingerprint density at radius 3 is 2.70 bits per heavy atom. The second-order valence-corrected chi connectivity index (χ2v) is 5.67. The van der Waals surface area contributed by atoms with Gasteiger partial charge in [0.2, 0.25) is 0 Å². The van der Waals surface area contributed by atoms with Crippen LogP contribution in [0.2, 0.25) is 0 Å². The predicted molar refractivity (Wildman–Crippen MR) is 93.1 cm³/mol. The van der Waals surface area contributed by atoms with Gasteiger partial charge in [-0.15, -0.1) is 0 Å². The molecule has 23 heavy (non-hydrogen) atoms. The molecule has 2 aromatic heterocycles. The Morgan fingerprint density at radius 1 is 1.09 bits per heavy atom. The summed E-state index contributed by atoms with van der Waals surface area (Å²) in [5.74, 6) is 0. The number of rotatable bonds is 4. The lowest BCUT2D eigenvalue weighted by atomic mass is 10.1. The van der Waals surface area contributed by atoms with Crippen LogP contribution in [-0.4, -0.2) is 9.97 Å². The van der Waals surface area contributed by atoms with Gasteiger partial charge in [0, 0.05) is 23.8 Å². The van der Waals surface area contributed by atoms with Crippen LogP contribution < -0.4 is 16.4 Å². The van der Waals surface area contributed by atoms with Gasteiger partial charge in [-0.2, -0.15) is 0 Å². The maximum Gasteiger partial charge on any atom is 0.271 e. The summed E-state index contributed by atoms with van der Waals surface area (Å²) in [5, 5.41) is 4.04. The van der Waals surface area contributed by atoms with Crippen LogP contribution in [-0.2, 0) is 13.0 Å². The lowest BCUT2D eigenvalue weighted by Gasteiger charge is -2.08. The number of fused-ring (bicyclic) bond motifs is 1. The summed E-state index contributed by atoms with van der Waals surface area (Å²) in [6.07, 6.45) is 2.60. The fourth-order valence-electron chi connectivity index (χ4n) is 2.57. The zero-order valence-electron chi connectivity index (χ0n) is 13.2. The summed E-state index contributed by atoms with van der Waals surface area (Å²) in [5.41, 5.74) is 3.73. The van der Waals surface area contributed by atoms with Gasteiger partial charge in [0.05, 0.1) is 0 Å². The van der Waals surface area contributed by atoms with E-state index in [-0.39, 0.29) is 11.1 Å². The molecule has 3 N–H and O–H groups in total. The highest BCUT2D eigenvalue weighted by atomic mass is 16.1. The number of nitrogens with one attached hydrogen (secondary N) is 3. The summed E-state index contributed by atoms with van der Waals surface area (Å²) in [4.78, 5) is 29.5. The highest BCUT2D eigenvalue weighted by Gasteiger charge is 2.05. The van der Waals surface area contributed by atoms with E-state index < -0.39 is 0 Å². The normalized spacial score (nSPS) is 10.9. The Kier molecular flexibility index (Phi) is 4.02. The van der Waals surface area contributed by atoms with E-state index in [0.717, 1.165) is 22.9 Å². The Balaban J connectivity index is 1.93. The van der Waals surface area contributed by atoms with Gasteiger partial charge in [-0.25, -0.2) is 0 Å². The molecule has 3 aromatic rings. The van der Waals surface area contributed by atoms with E-state index in [0.29, 0.717) is 17.8 Å². The van der Waals surface area contributed by atoms with Gasteiger partial charge >= 0.3 is 0 Å². The van der Waals surface area contributed by atoms with Crippen LogP contribution in [0.3, 0.4) is 0 Å². The van der Waals surface area contributed by atoms with Crippen molar-refractivity contribution >= 4 is 16.6 Å². The molecule has 2 heterocycles. The van der Waals surface area contributed by atoms with Crippen molar-refractivity contribution in [3.8, 4) is 0 Å². The first-order valence-corrected chi connectivity index (χ1v) is 7.65. The number of hydrogen-bond donors (Lipinski definition) is 3. The molecule has 0 saturated heterocycles. The lowest BCUT2D eigenvalue weighted by molar-refractivity contribution is 1.07. The van der Waals surface area contributed by atoms with Gasteiger partial charge in [-0.05, 0) is 54.1 Å². The van der Waals surface area contributed by atoms with E-state index in [1.54, 1.807) is 12.3 Å². The maximum absolute atomic E-state index is 12.2. The third kappa shape index (κ3) is 3.18. The molecular formula is C18H19N3O2. The molecule has 0 fully saturated rings. The quantitative estimate of drug-likeness (QED) is 0.693. The Morgan fingerprint density at radius 2 is 1.91 bits per heavy atom. The minimum absolute atomic E-state index is 0.140. The highest BCUT2D eigenvalue weighted by Crippen LogP contribution is 2.15. The van der Waals surface area contributed by atoms with Crippen LogP contribution in [0, 0.1) is 6.92 Å². The number of H-pyrrole nitrogens is 2. The number of pyridine rings is 2. The third-order valence-electron chi connectivity index (χ3n) is 3.91. The van der Waals surface area contributed by atoms with Crippen LogP contribution in [0.1, 0.15) is 23.6 Å². The molecule has 0 unspecified atom stereocenters. The number of hydrogen-bond acceptors (Lipinski definition) is 3. The van der Waals surface area contributed by atoms with Crippen LogP contribution >= 0.6 is 0 Å². The Bertz CT molecular complexity index is 970. The molecule has 3 rings (SSSR count). The average molecular weight is 309 g/mol. The van der Waals surface area contributed by atoms with Crippen molar-refractivity contribution in [1.82, 2.24) is 9.97 Å². The fraction of sp³-hybridized carbons (Fsp3) is 0.222. The summed E-state index contributed by atoms with van der Waals surface area (Å²) in [6, 6.07) is 9.67. The number of aromatic nitrogens is 2. The molecule has 5 nitrogen and oxygen atoms in total. The second kappa shape index (κ2) is 6.12. The largest absolute Gasteiger partial charge is 0.376 e. The van der Waals surface area contributed by atoms with E-state index in [4.69, 9.17) is 0 Å². The Labute approximate surface area is 133 Å². The van der Waals surface area contributed by atoms with Crippen molar-refractivity contribution in [3.63, 3.8) is 0 Å². The summed E-state index contributed by atoms with van der Waals surface area (Å²) < 4.78 is 0. The van der Waals surface area contributed by atoms with Crippen molar-refractivity contribution in [3.05, 3.63) is 73.9 Å². The van der Waals surface area contributed by atoms with E-state index in [2.05, 4.69) is 28.3 Å². The fourth-order valence-corrected chi connectivity index (χ4v) is 2.57. The van der Waals surface area contributed by atoms with Crippen LogP contribution in [0.5, 0.6) is 0 Å². The topological polar surface area (TPSA) is 77.8 Å². The van der Waals surface area contributed by atoms with Gasteiger partial charge in [0.1, 0.15) is 5.69 Å². The van der Waals surface area contributed by atoms with Crippen LogP contribution in [0.4, 0.5) is 5.69 Å². The van der Waals surface area contributed by atoms with E-state index in [1.807, 2.05) is 25.1 Å². The lowest BCUT2D eigenvalue weighted by Crippen LogP contribution is -2.19. The molecule has 0 aliphatic heterocycles. The van der Waals surface area contributed by atoms with Crippen molar-refractivity contribution in [2.24, 2.45) is 0 Å². The molecule has 0 bridgehead atoms. The molecule has 118 valence electrons. The third-order valence-corrected chi connectivity index (χ3v) is 3.91. The molecule has 0 atom stereocenters. The summed E-state index contributed by atoms with van der Waals surface area (Å²) >= 11 is 0. The van der Waals surface area contributed by atoms with Gasteiger partial charge in [-0.1, -0.05) is 13.0 Å². The molecule has 0 spiro atoms. The maximum atomic E-state index is 12.2. The summed E-state index contributed by atoms with van der Waals surface area (Å²) in [7, 11) is 0. The number of aryl methyl sites for hydroxylation is 2. The molecule has 5 heteroatoms. The van der Waals surface area contributed by atoms with Crippen molar-refractivity contribution < 1.29 is 0 Å². The van der Waals surface area contributed by atoms with Gasteiger partial charge in [-0.3, -0.25) is 9.59 Å². The highest BCUT2D eigenvalue weighted by molar-refractivity contribution is 5.79. The van der Waals surface area contributed by atoms with E-state index in [1.165, 1.54) is 5.56 Å². The van der Waals surface area contributed by atoms with Crippen molar-refractivity contribution in [2.45, 2.75) is 26.8 Å². The van der Waals surface area contributed by atoms with Crippen LogP contribution in [0.25, 0.3) is 10.9 Å². The van der Waals surface area contributed by atoms with Crippen molar-refractivity contribution in [1.29, 1.82) is 0 Å².